The average molecular weight is 225 g/mol. The summed E-state index contributed by atoms with van der Waals surface area (Å²) in [5.41, 5.74) is 0.674. The Kier molecular flexibility index (Phi) is 2.54. The summed E-state index contributed by atoms with van der Waals surface area (Å²) in [4.78, 5) is 0. The van der Waals surface area contributed by atoms with Gasteiger partial charge < -0.3 is 14.8 Å². The standard InChI is InChI=1S/C13H23NO2/c1-12(2)15-7-11(8-16-12)14-9-13(5-6-13)10-3-4-10/h10-11,14H,3-9H2,1-2H3. The lowest BCUT2D eigenvalue weighted by atomic mass is 10.0. The fourth-order valence-electron chi connectivity index (χ4n) is 2.74. The molecule has 0 aromatic carbocycles. The Morgan fingerprint density at radius 3 is 2.25 bits per heavy atom. The molecule has 16 heavy (non-hydrogen) atoms. The minimum Gasteiger partial charge on any atom is -0.349 e. The van der Waals surface area contributed by atoms with E-state index in [-0.39, 0.29) is 5.79 Å². The molecule has 3 aliphatic rings. The van der Waals surface area contributed by atoms with E-state index in [1.165, 1.54) is 32.2 Å². The van der Waals surface area contributed by atoms with Gasteiger partial charge in [-0.1, -0.05) is 0 Å². The molecule has 0 aromatic rings. The third-order valence-corrected chi connectivity index (χ3v) is 4.34. The second-order valence-electron chi connectivity index (χ2n) is 6.24. The Morgan fingerprint density at radius 2 is 1.75 bits per heavy atom. The predicted octanol–water partition coefficient (Wildman–Crippen LogP) is 1.92. The zero-order chi connectivity index (χ0) is 11.2. The summed E-state index contributed by atoms with van der Waals surface area (Å²) in [6.45, 7) is 6.71. The van der Waals surface area contributed by atoms with Gasteiger partial charge in [0.1, 0.15) is 0 Å². The van der Waals surface area contributed by atoms with Gasteiger partial charge in [0, 0.05) is 6.54 Å². The molecular weight excluding hydrogens is 202 g/mol. The van der Waals surface area contributed by atoms with Crippen LogP contribution in [0.3, 0.4) is 0 Å². The maximum atomic E-state index is 5.65. The molecule has 0 atom stereocenters. The molecule has 1 saturated heterocycles. The van der Waals surface area contributed by atoms with Crippen LogP contribution in [0.2, 0.25) is 0 Å². The van der Waals surface area contributed by atoms with Crippen LogP contribution in [-0.4, -0.2) is 31.6 Å². The highest BCUT2D eigenvalue weighted by molar-refractivity contribution is 5.05. The van der Waals surface area contributed by atoms with Crippen LogP contribution in [0.4, 0.5) is 0 Å². The Hall–Kier alpha value is -0.120. The van der Waals surface area contributed by atoms with Gasteiger partial charge in [-0.15, -0.1) is 0 Å². The van der Waals surface area contributed by atoms with Gasteiger partial charge in [-0.3, -0.25) is 0 Å². The summed E-state index contributed by atoms with van der Waals surface area (Å²) in [5.74, 6) is 0.647. The maximum Gasteiger partial charge on any atom is 0.162 e. The van der Waals surface area contributed by atoms with E-state index in [0.29, 0.717) is 11.5 Å². The van der Waals surface area contributed by atoms with E-state index in [0.717, 1.165) is 19.1 Å². The largest absolute Gasteiger partial charge is 0.349 e. The van der Waals surface area contributed by atoms with E-state index in [4.69, 9.17) is 9.47 Å². The normalized spacial score (nSPS) is 32.6. The van der Waals surface area contributed by atoms with E-state index in [1.54, 1.807) is 0 Å². The lowest BCUT2D eigenvalue weighted by Crippen LogP contribution is -2.49. The molecule has 0 aromatic heterocycles. The van der Waals surface area contributed by atoms with Crippen LogP contribution in [0, 0.1) is 11.3 Å². The third kappa shape index (κ3) is 2.27. The summed E-state index contributed by atoms with van der Waals surface area (Å²) in [6, 6.07) is 0.393. The van der Waals surface area contributed by atoms with Crippen LogP contribution in [0.5, 0.6) is 0 Å². The highest BCUT2D eigenvalue weighted by Crippen LogP contribution is 2.60. The van der Waals surface area contributed by atoms with Crippen LogP contribution in [0.25, 0.3) is 0 Å². The van der Waals surface area contributed by atoms with Crippen molar-refractivity contribution in [2.24, 2.45) is 11.3 Å². The predicted molar refractivity (Wildman–Crippen MR) is 62.2 cm³/mol. The molecule has 3 nitrogen and oxygen atoms in total. The molecule has 2 saturated carbocycles. The molecule has 2 aliphatic carbocycles. The van der Waals surface area contributed by atoms with Crippen molar-refractivity contribution < 1.29 is 9.47 Å². The van der Waals surface area contributed by atoms with Crippen LogP contribution < -0.4 is 5.32 Å². The number of rotatable bonds is 4. The molecule has 1 aliphatic heterocycles. The summed E-state index contributed by atoms with van der Waals surface area (Å²) < 4.78 is 11.3. The maximum absolute atomic E-state index is 5.65. The van der Waals surface area contributed by atoms with Gasteiger partial charge in [0.05, 0.1) is 19.3 Å². The van der Waals surface area contributed by atoms with Crippen LogP contribution >= 0.6 is 0 Å². The molecule has 0 unspecified atom stereocenters. The van der Waals surface area contributed by atoms with Gasteiger partial charge in [0.15, 0.2) is 5.79 Å². The van der Waals surface area contributed by atoms with Crippen molar-refractivity contribution in [2.45, 2.75) is 51.4 Å². The fraction of sp³-hybridized carbons (Fsp3) is 1.00. The van der Waals surface area contributed by atoms with E-state index in [1.807, 2.05) is 13.8 Å². The molecule has 92 valence electrons. The minimum absolute atomic E-state index is 0.383. The second kappa shape index (κ2) is 3.69. The highest BCUT2D eigenvalue weighted by Gasteiger charge is 2.53. The van der Waals surface area contributed by atoms with E-state index in [2.05, 4.69) is 5.32 Å². The van der Waals surface area contributed by atoms with Gasteiger partial charge in [0.25, 0.3) is 0 Å². The van der Waals surface area contributed by atoms with Gasteiger partial charge in [0.2, 0.25) is 0 Å². The van der Waals surface area contributed by atoms with Gasteiger partial charge in [-0.25, -0.2) is 0 Å². The number of nitrogens with one attached hydrogen (secondary N) is 1. The summed E-state index contributed by atoms with van der Waals surface area (Å²) in [6.07, 6.45) is 5.80. The van der Waals surface area contributed by atoms with Gasteiger partial charge >= 0.3 is 0 Å². The van der Waals surface area contributed by atoms with Crippen LogP contribution in [-0.2, 0) is 9.47 Å². The first-order valence-electron chi connectivity index (χ1n) is 6.61. The number of hydrogen-bond donors (Lipinski definition) is 1. The first kappa shape index (κ1) is 11.0. The quantitative estimate of drug-likeness (QED) is 0.793. The van der Waals surface area contributed by atoms with Crippen LogP contribution in [0.15, 0.2) is 0 Å². The summed E-state index contributed by atoms with van der Waals surface area (Å²) in [7, 11) is 0. The number of ether oxygens (including phenoxy) is 2. The monoisotopic (exact) mass is 225 g/mol. The first-order chi connectivity index (χ1) is 7.60. The van der Waals surface area contributed by atoms with Crippen molar-refractivity contribution in [1.82, 2.24) is 5.32 Å². The van der Waals surface area contributed by atoms with E-state index in [9.17, 15) is 0 Å². The van der Waals surface area contributed by atoms with Crippen molar-refractivity contribution in [3.63, 3.8) is 0 Å². The SMILES string of the molecule is CC1(C)OCC(NCC2(C3CC3)CC2)CO1. The second-order valence-corrected chi connectivity index (χ2v) is 6.24. The molecule has 0 radical (unpaired) electrons. The molecule has 0 bridgehead atoms. The van der Waals surface area contributed by atoms with Crippen molar-refractivity contribution in [1.29, 1.82) is 0 Å². The lowest BCUT2D eigenvalue weighted by molar-refractivity contribution is -0.253. The Bertz CT molecular complexity index is 259. The Morgan fingerprint density at radius 1 is 1.12 bits per heavy atom. The minimum atomic E-state index is -0.383. The average Bonchev–Trinajstić information content (AvgIpc) is 3.10. The Labute approximate surface area is 97.9 Å². The fourth-order valence-corrected chi connectivity index (χ4v) is 2.74. The molecule has 3 fully saturated rings. The van der Waals surface area contributed by atoms with Crippen LogP contribution in [0.1, 0.15) is 39.5 Å². The first-order valence-corrected chi connectivity index (χ1v) is 6.61. The van der Waals surface area contributed by atoms with Crippen molar-refractivity contribution in [2.75, 3.05) is 19.8 Å². The molecule has 3 rings (SSSR count). The highest BCUT2D eigenvalue weighted by atomic mass is 16.7. The van der Waals surface area contributed by atoms with Gasteiger partial charge in [-0.05, 0) is 50.9 Å². The number of hydrogen-bond acceptors (Lipinski definition) is 3. The lowest BCUT2D eigenvalue weighted by Gasteiger charge is -2.36. The summed E-state index contributed by atoms with van der Waals surface area (Å²) in [5, 5.41) is 3.63. The molecule has 0 spiro atoms. The molecule has 1 heterocycles. The molecular formula is C13H23NO2. The molecule has 1 N–H and O–H groups in total. The van der Waals surface area contributed by atoms with Crippen molar-refractivity contribution >= 4 is 0 Å². The summed E-state index contributed by atoms with van der Waals surface area (Å²) >= 11 is 0. The van der Waals surface area contributed by atoms with E-state index >= 15 is 0 Å². The molecule has 0 amide bonds. The van der Waals surface area contributed by atoms with Crippen molar-refractivity contribution in [3.8, 4) is 0 Å². The zero-order valence-electron chi connectivity index (χ0n) is 10.4. The third-order valence-electron chi connectivity index (χ3n) is 4.34. The van der Waals surface area contributed by atoms with E-state index < -0.39 is 0 Å². The van der Waals surface area contributed by atoms with Crippen molar-refractivity contribution in [3.05, 3.63) is 0 Å². The zero-order valence-corrected chi connectivity index (χ0v) is 10.4. The Balaban J connectivity index is 1.43. The molecule has 3 heteroatoms. The smallest absolute Gasteiger partial charge is 0.162 e. The topological polar surface area (TPSA) is 30.5 Å². The van der Waals surface area contributed by atoms with Gasteiger partial charge in [-0.2, -0.15) is 0 Å².